The number of ether oxygens (including phenoxy) is 1. The molecule has 0 bridgehead atoms. The second-order valence-corrected chi connectivity index (χ2v) is 10.8. The third kappa shape index (κ3) is 6.18. The highest BCUT2D eigenvalue weighted by molar-refractivity contribution is 6.00. The average Bonchev–Trinajstić information content (AvgIpc) is 2.83. The van der Waals surface area contributed by atoms with E-state index in [4.69, 9.17) is 4.74 Å². The molecule has 9 nitrogen and oxygen atoms in total. The van der Waals surface area contributed by atoms with Crippen LogP contribution in [0.1, 0.15) is 70.8 Å². The minimum atomic E-state index is -0.488. The molecule has 0 saturated carbocycles. The Morgan fingerprint density at radius 1 is 0.971 bits per heavy atom. The molecule has 3 aliphatic heterocycles. The Kier molecular flexibility index (Phi) is 7.42. The minimum absolute atomic E-state index is 0.00734. The number of esters is 1. The number of aromatic nitrogens is 1. The summed E-state index contributed by atoms with van der Waals surface area (Å²) in [6.07, 6.45) is 5.42. The number of amides is 3. The molecule has 1 aromatic rings. The van der Waals surface area contributed by atoms with Crippen molar-refractivity contribution >= 4 is 29.5 Å². The van der Waals surface area contributed by atoms with Gasteiger partial charge in [0.05, 0.1) is 11.8 Å². The monoisotopic (exact) mass is 484 g/mol. The van der Waals surface area contributed by atoms with Crippen LogP contribution in [0.3, 0.4) is 0 Å². The van der Waals surface area contributed by atoms with Crippen molar-refractivity contribution in [2.45, 2.75) is 70.8 Å². The van der Waals surface area contributed by atoms with Crippen LogP contribution in [0, 0.1) is 11.8 Å². The maximum Gasteiger partial charge on any atom is 0.309 e. The Hall–Kier alpha value is -2.97. The number of hydrogen-bond acceptors (Lipinski definition) is 7. The van der Waals surface area contributed by atoms with Crippen molar-refractivity contribution in [1.29, 1.82) is 0 Å². The molecule has 0 aromatic carbocycles. The molecule has 190 valence electrons. The number of rotatable bonds is 4. The number of pyridine rings is 1. The van der Waals surface area contributed by atoms with E-state index in [-0.39, 0.29) is 41.4 Å². The molecule has 35 heavy (non-hydrogen) atoms. The van der Waals surface area contributed by atoms with Gasteiger partial charge in [-0.05, 0) is 64.5 Å². The van der Waals surface area contributed by atoms with Gasteiger partial charge in [0.25, 0.3) is 0 Å². The Morgan fingerprint density at radius 2 is 1.63 bits per heavy atom. The molecule has 3 saturated heterocycles. The van der Waals surface area contributed by atoms with Crippen molar-refractivity contribution < 1.29 is 23.9 Å². The van der Waals surface area contributed by atoms with E-state index in [0.717, 1.165) is 37.3 Å². The molecule has 4 rings (SSSR count). The molecule has 0 spiro atoms. The summed E-state index contributed by atoms with van der Waals surface area (Å²) in [5.41, 5.74) is 0.330. The highest BCUT2D eigenvalue weighted by Crippen LogP contribution is 2.29. The van der Waals surface area contributed by atoms with Crippen molar-refractivity contribution in [1.82, 2.24) is 15.2 Å². The first-order valence-corrected chi connectivity index (χ1v) is 12.7. The van der Waals surface area contributed by atoms with E-state index in [0.29, 0.717) is 38.8 Å². The molecule has 1 unspecified atom stereocenters. The molecule has 1 atom stereocenters. The van der Waals surface area contributed by atoms with Crippen LogP contribution in [0.15, 0.2) is 18.3 Å². The fourth-order valence-corrected chi connectivity index (χ4v) is 5.14. The van der Waals surface area contributed by atoms with Crippen LogP contribution in [0.25, 0.3) is 0 Å². The second-order valence-electron chi connectivity index (χ2n) is 10.8. The summed E-state index contributed by atoms with van der Waals surface area (Å²) in [5, 5.41) is 2.39. The van der Waals surface area contributed by atoms with E-state index >= 15 is 0 Å². The molecule has 0 aliphatic carbocycles. The fraction of sp³-hybridized carbons (Fsp3) is 0.654. The van der Waals surface area contributed by atoms with Gasteiger partial charge in [0.15, 0.2) is 0 Å². The standard InChI is InChI=1S/C26H36N4O5/c1-26(2,3)35-25(34)18-10-14-30(15-11-18)24(33)17-8-12-29(13-9-17)21-6-4-19(16-27-21)20-5-7-22(31)28-23(20)32/h4,6,16-18,20H,5,7-15H2,1-3H3,(H,28,31,32). The molecule has 9 heteroatoms. The maximum absolute atomic E-state index is 13.1. The lowest BCUT2D eigenvalue weighted by atomic mass is 9.91. The van der Waals surface area contributed by atoms with Crippen LogP contribution in [0.5, 0.6) is 0 Å². The van der Waals surface area contributed by atoms with Crippen molar-refractivity contribution in [3.63, 3.8) is 0 Å². The van der Waals surface area contributed by atoms with Crippen LogP contribution >= 0.6 is 0 Å². The summed E-state index contributed by atoms with van der Waals surface area (Å²) in [6.45, 7) is 8.32. The number of nitrogens with zero attached hydrogens (tertiary/aromatic N) is 3. The third-order valence-corrected chi connectivity index (χ3v) is 7.13. The fourth-order valence-electron chi connectivity index (χ4n) is 5.14. The molecule has 1 N–H and O–H groups in total. The lowest BCUT2D eigenvalue weighted by Gasteiger charge is -2.37. The number of likely N-dealkylation sites (tertiary alicyclic amines) is 1. The van der Waals surface area contributed by atoms with Crippen LogP contribution in [-0.4, -0.2) is 65.4 Å². The highest BCUT2D eigenvalue weighted by Gasteiger charge is 2.34. The van der Waals surface area contributed by atoms with Crippen LogP contribution in [0.4, 0.5) is 5.82 Å². The summed E-state index contributed by atoms with van der Waals surface area (Å²) in [7, 11) is 0. The molecular weight excluding hydrogens is 448 g/mol. The van der Waals surface area contributed by atoms with E-state index in [9.17, 15) is 19.2 Å². The Morgan fingerprint density at radius 3 is 2.20 bits per heavy atom. The Bertz CT molecular complexity index is 955. The average molecular weight is 485 g/mol. The van der Waals surface area contributed by atoms with Gasteiger partial charge in [-0.3, -0.25) is 24.5 Å². The van der Waals surface area contributed by atoms with E-state index in [1.54, 1.807) is 6.20 Å². The van der Waals surface area contributed by atoms with Crippen LogP contribution < -0.4 is 10.2 Å². The topological polar surface area (TPSA) is 109 Å². The van der Waals surface area contributed by atoms with Gasteiger partial charge >= 0.3 is 5.97 Å². The zero-order chi connectivity index (χ0) is 25.2. The van der Waals surface area contributed by atoms with Crippen molar-refractivity contribution in [3.05, 3.63) is 23.9 Å². The molecular formula is C26H36N4O5. The smallest absolute Gasteiger partial charge is 0.309 e. The Labute approximate surface area is 206 Å². The number of imide groups is 1. The number of nitrogens with one attached hydrogen (secondary N) is 1. The molecule has 3 aliphatic rings. The van der Waals surface area contributed by atoms with Crippen molar-refractivity contribution in [2.24, 2.45) is 11.8 Å². The van der Waals surface area contributed by atoms with Gasteiger partial charge in [0, 0.05) is 44.7 Å². The van der Waals surface area contributed by atoms with E-state index in [2.05, 4.69) is 15.2 Å². The van der Waals surface area contributed by atoms with Gasteiger partial charge in [0.1, 0.15) is 11.4 Å². The van der Waals surface area contributed by atoms with E-state index in [1.165, 1.54) is 0 Å². The van der Waals surface area contributed by atoms with Crippen LogP contribution in [-0.2, 0) is 23.9 Å². The number of piperidine rings is 3. The third-order valence-electron chi connectivity index (χ3n) is 7.13. The first-order valence-electron chi connectivity index (χ1n) is 12.7. The maximum atomic E-state index is 13.1. The normalized spacial score (nSPS) is 22.7. The Balaban J connectivity index is 1.24. The number of carbonyl (C=O) groups excluding carboxylic acids is 4. The zero-order valence-electron chi connectivity index (χ0n) is 20.9. The number of carbonyl (C=O) groups is 4. The lowest BCUT2D eigenvalue weighted by molar-refractivity contribution is -0.162. The summed E-state index contributed by atoms with van der Waals surface area (Å²) >= 11 is 0. The highest BCUT2D eigenvalue weighted by atomic mass is 16.6. The summed E-state index contributed by atoms with van der Waals surface area (Å²) < 4.78 is 5.51. The van der Waals surface area contributed by atoms with Crippen molar-refractivity contribution in [2.75, 3.05) is 31.1 Å². The quantitative estimate of drug-likeness (QED) is 0.516. The summed E-state index contributed by atoms with van der Waals surface area (Å²) in [4.78, 5) is 57.5. The van der Waals surface area contributed by atoms with Gasteiger partial charge in [-0.25, -0.2) is 4.98 Å². The van der Waals surface area contributed by atoms with Gasteiger partial charge in [-0.2, -0.15) is 0 Å². The van der Waals surface area contributed by atoms with Crippen LogP contribution in [0.2, 0.25) is 0 Å². The zero-order valence-corrected chi connectivity index (χ0v) is 20.9. The molecule has 3 amide bonds. The van der Waals surface area contributed by atoms with Crippen molar-refractivity contribution in [3.8, 4) is 0 Å². The predicted molar refractivity (Wildman–Crippen MR) is 129 cm³/mol. The molecule has 3 fully saturated rings. The largest absolute Gasteiger partial charge is 0.460 e. The summed E-state index contributed by atoms with van der Waals surface area (Å²) in [6, 6.07) is 3.83. The minimum Gasteiger partial charge on any atom is -0.460 e. The number of anilines is 1. The first-order chi connectivity index (χ1) is 16.6. The van der Waals surface area contributed by atoms with Gasteiger partial charge in [-0.15, -0.1) is 0 Å². The van der Waals surface area contributed by atoms with Gasteiger partial charge < -0.3 is 14.5 Å². The van der Waals surface area contributed by atoms with Gasteiger partial charge in [0.2, 0.25) is 17.7 Å². The molecule has 4 heterocycles. The predicted octanol–water partition coefficient (Wildman–Crippen LogP) is 2.40. The SMILES string of the molecule is CC(C)(C)OC(=O)C1CCN(C(=O)C2CCN(c3ccc(C4CCC(=O)NC4=O)cn3)CC2)CC1. The number of hydrogen-bond donors (Lipinski definition) is 1. The second kappa shape index (κ2) is 10.3. The lowest BCUT2D eigenvalue weighted by Crippen LogP contribution is -2.46. The van der Waals surface area contributed by atoms with E-state index in [1.807, 2.05) is 37.8 Å². The van der Waals surface area contributed by atoms with Gasteiger partial charge in [-0.1, -0.05) is 6.07 Å². The first kappa shape index (κ1) is 25.1. The molecule has 0 radical (unpaired) electrons. The molecule has 1 aromatic heterocycles. The summed E-state index contributed by atoms with van der Waals surface area (Å²) in [5.74, 6) is -0.0861. The van der Waals surface area contributed by atoms with E-state index < -0.39 is 5.60 Å².